The number of rotatable bonds is 8. The lowest BCUT2D eigenvalue weighted by Gasteiger charge is -2.32. The van der Waals surface area contributed by atoms with Gasteiger partial charge in [-0.25, -0.2) is 4.79 Å². The van der Waals surface area contributed by atoms with E-state index in [1.807, 2.05) is 41.5 Å². The normalized spacial score (nSPS) is 12.3. The molecule has 0 aliphatic carbocycles. The average molecular weight is 382 g/mol. The molecule has 0 bridgehead atoms. The number of nitro benzene ring substituents is 1. The van der Waals surface area contributed by atoms with E-state index >= 15 is 0 Å². The first kappa shape index (κ1) is 22.5. The molecule has 1 unspecified atom stereocenters. The van der Waals surface area contributed by atoms with E-state index in [1.54, 1.807) is 4.90 Å². The van der Waals surface area contributed by atoms with E-state index in [2.05, 4.69) is 0 Å². The van der Waals surface area contributed by atoms with Crippen molar-refractivity contribution in [2.45, 2.75) is 59.7 Å². The molecule has 0 aliphatic rings. The zero-order valence-corrected chi connectivity index (χ0v) is 17.3. The van der Waals surface area contributed by atoms with Crippen molar-refractivity contribution >= 4 is 11.8 Å². The third-order valence-corrected chi connectivity index (χ3v) is 4.19. The summed E-state index contributed by atoms with van der Waals surface area (Å²) in [6.45, 7) is 11.3. The van der Waals surface area contributed by atoms with Gasteiger partial charge in [0.2, 0.25) is 0 Å². The van der Waals surface area contributed by atoms with Gasteiger partial charge in [0.05, 0.1) is 30.8 Å². The molecule has 1 amide bonds. The van der Waals surface area contributed by atoms with Crippen molar-refractivity contribution in [3.05, 3.63) is 27.8 Å². The Morgan fingerprint density at radius 1 is 1.00 bits per heavy atom. The first-order valence-corrected chi connectivity index (χ1v) is 8.94. The summed E-state index contributed by atoms with van der Waals surface area (Å²) in [6.07, 6.45) is -1.32. The molecule has 8 heteroatoms. The Bertz CT molecular complexity index is 664. The molecule has 0 saturated carbocycles. The fourth-order valence-corrected chi connectivity index (χ4v) is 3.02. The van der Waals surface area contributed by atoms with Gasteiger partial charge in [0.1, 0.15) is 6.10 Å². The molecule has 0 aliphatic heterocycles. The summed E-state index contributed by atoms with van der Waals surface area (Å²) in [5, 5.41) is 11.6. The van der Waals surface area contributed by atoms with Crippen molar-refractivity contribution in [2.24, 2.45) is 5.92 Å². The van der Waals surface area contributed by atoms with Gasteiger partial charge in [-0.15, -0.1) is 0 Å². The third-order valence-electron chi connectivity index (χ3n) is 4.19. The molecule has 152 valence electrons. The minimum absolute atomic E-state index is 0.0642. The number of nitrogens with zero attached hydrogens (tertiary/aromatic N) is 2. The lowest BCUT2D eigenvalue weighted by molar-refractivity contribution is -0.386. The molecular formula is C19H30N2O6. The molecule has 1 atom stereocenters. The van der Waals surface area contributed by atoms with Crippen LogP contribution in [0.4, 0.5) is 10.5 Å². The number of nitro groups is 1. The Kier molecular flexibility index (Phi) is 7.87. The number of methoxy groups -OCH3 is 2. The highest BCUT2D eigenvalue weighted by atomic mass is 16.6. The topological polar surface area (TPSA) is 91.1 Å². The Labute approximate surface area is 160 Å². The second-order valence-corrected chi connectivity index (χ2v) is 7.17. The second kappa shape index (κ2) is 9.43. The van der Waals surface area contributed by atoms with E-state index in [0.717, 1.165) is 0 Å². The Morgan fingerprint density at radius 3 is 1.85 bits per heavy atom. The Morgan fingerprint density at radius 2 is 1.48 bits per heavy atom. The summed E-state index contributed by atoms with van der Waals surface area (Å²) in [7, 11) is 2.85. The summed E-state index contributed by atoms with van der Waals surface area (Å²) in [4.78, 5) is 25.5. The van der Waals surface area contributed by atoms with E-state index in [-0.39, 0.29) is 35.0 Å². The first-order valence-electron chi connectivity index (χ1n) is 8.94. The molecule has 0 radical (unpaired) electrons. The van der Waals surface area contributed by atoms with Crippen molar-refractivity contribution in [3.63, 3.8) is 0 Å². The molecule has 1 rings (SSSR count). The van der Waals surface area contributed by atoms with E-state index in [4.69, 9.17) is 14.2 Å². The molecule has 27 heavy (non-hydrogen) atoms. The minimum Gasteiger partial charge on any atom is -0.493 e. The molecule has 0 aromatic heterocycles. The van der Waals surface area contributed by atoms with Crippen molar-refractivity contribution in [1.29, 1.82) is 0 Å². The van der Waals surface area contributed by atoms with Crippen LogP contribution in [0.1, 0.15) is 53.2 Å². The van der Waals surface area contributed by atoms with Crippen LogP contribution in [0.25, 0.3) is 0 Å². The van der Waals surface area contributed by atoms with Gasteiger partial charge in [-0.3, -0.25) is 10.1 Å². The zero-order valence-electron chi connectivity index (χ0n) is 17.3. The van der Waals surface area contributed by atoms with Gasteiger partial charge < -0.3 is 19.1 Å². The van der Waals surface area contributed by atoms with E-state index in [9.17, 15) is 14.9 Å². The molecule has 1 aromatic rings. The fourth-order valence-electron chi connectivity index (χ4n) is 3.02. The summed E-state index contributed by atoms with van der Waals surface area (Å²) in [5.41, 5.74) is 0.0910. The highest BCUT2D eigenvalue weighted by Gasteiger charge is 2.33. The van der Waals surface area contributed by atoms with Crippen LogP contribution in [-0.4, -0.2) is 42.2 Å². The van der Waals surface area contributed by atoms with Gasteiger partial charge in [0, 0.05) is 12.1 Å². The summed E-state index contributed by atoms with van der Waals surface area (Å²) in [5.74, 6) is 0.393. The van der Waals surface area contributed by atoms with Crippen LogP contribution in [0.15, 0.2) is 12.1 Å². The molecule has 0 saturated heterocycles. The van der Waals surface area contributed by atoms with Crippen LogP contribution >= 0.6 is 0 Å². The van der Waals surface area contributed by atoms with Crippen LogP contribution in [0.2, 0.25) is 0 Å². The number of carbonyl (C=O) groups excluding carboxylic acids is 1. The maximum absolute atomic E-state index is 12.8. The number of ether oxygens (including phenoxy) is 3. The van der Waals surface area contributed by atoms with Crippen LogP contribution in [0.5, 0.6) is 11.5 Å². The second-order valence-electron chi connectivity index (χ2n) is 7.17. The van der Waals surface area contributed by atoms with Crippen LogP contribution in [0, 0.1) is 16.0 Å². The van der Waals surface area contributed by atoms with Crippen LogP contribution in [0.3, 0.4) is 0 Å². The van der Waals surface area contributed by atoms with E-state index in [1.165, 1.54) is 26.4 Å². The van der Waals surface area contributed by atoms with Crippen molar-refractivity contribution in [1.82, 2.24) is 4.90 Å². The van der Waals surface area contributed by atoms with Crippen molar-refractivity contribution in [2.75, 3.05) is 14.2 Å². The van der Waals surface area contributed by atoms with Gasteiger partial charge >= 0.3 is 6.09 Å². The smallest absolute Gasteiger partial charge is 0.410 e. The molecule has 8 nitrogen and oxygen atoms in total. The van der Waals surface area contributed by atoms with E-state index in [0.29, 0.717) is 5.75 Å². The minimum atomic E-state index is -0.808. The standard InChI is InChI=1S/C19H30N2O6/c1-11(2)18(27-19(22)20(12(3)4)13(5)6)14-9-16(25-7)17(26-8)10-15(14)21(23)24/h9-13,18H,1-8H3. The SMILES string of the molecule is COc1cc(C(OC(=O)N(C(C)C)C(C)C)C(C)C)c([N+](=O)[O-])cc1OC. The monoisotopic (exact) mass is 382 g/mol. The van der Waals surface area contributed by atoms with Crippen molar-refractivity contribution < 1.29 is 23.9 Å². The van der Waals surface area contributed by atoms with Gasteiger partial charge in [-0.2, -0.15) is 0 Å². The summed E-state index contributed by atoms with van der Waals surface area (Å²) in [6, 6.07) is 2.67. The highest BCUT2D eigenvalue weighted by Crippen LogP contribution is 2.41. The highest BCUT2D eigenvalue weighted by molar-refractivity contribution is 5.69. The fraction of sp³-hybridized carbons (Fsp3) is 0.632. The maximum Gasteiger partial charge on any atom is 0.410 e. The van der Waals surface area contributed by atoms with E-state index < -0.39 is 17.1 Å². The van der Waals surface area contributed by atoms with Gasteiger partial charge in [0.15, 0.2) is 11.5 Å². The lowest BCUT2D eigenvalue weighted by atomic mass is 9.96. The number of hydrogen-bond acceptors (Lipinski definition) is 6. The number of carbonyl (C=O) groups is 1. The van der Waals surface area contributed by atoms with Crippen molar-refractivity contribution in [3.8, 4) is 11.5 Å². The number of amides is 1. The van der Waals surface area contributed by atoms with Gasteiger partial charge in [0.25, 0.3) is 5.69 Å². The lowest BCUT2D eigenvalue weighted by Crippen LogP contribution is -2.43. The average Bonchev–Trinajstić information content (AvgIpc) is 2.57. The number of hydrogen-bond donors (Lipinski definition) is 0. The quantitative estimate of drug-likeness (QED) is 0.483. The largest absolute Gasteiger partial charge is 0.493 e. The molecule has 0 N–H and O–H groups in total. The van der Waals surface area contributed by atoms with Crippen LogP contribution < -0.4 is 9.47 Å². The molecular weight excluding hydrogens is 352 g/mol. The van der Waals surface area contributed by atoms with Crippen LogP contribution in [-0.2, 0) is 4.74 Å². The molecule has 0 spiro atoms. The Hall–Kier alpha value is -2.51. The van der Waals surface area contributed by atoms with Gasteiger partial charge in [-0.1, -0.05) is 13.8 Å². The molecule has 0 heterocycles. The predicted molar refractivity (Wildman–Crippen MR) is 102 cm³/mol. The summed E-state index contributed by atoms with van der Waals surface area (Å²) >= 11 is 0. The predicted octanol–water partition coefficient (Wildman–Crippen LogP) is 4.56. The number of benzene rings is 1. The Balaban J connectivity index is 3.43. The molecule has 0 fully saturated rings. The van der Waals surface area contributed by atoms with Gasteiger partial charge in [-0.05, 0) is 39.7 Å². The third kappa shape index (κ3) is 5.24. The zero-order chi connectivity index (χ0) is 20.9. The maximum atomic E-state index is 12.8. The first-order chi connectivity index (χ1) is 12.5. The summed E-state index contributed by atoms with van der Waals surface area (Å²) < 4.78 is 16.2. The molecule has 1 aromatic carbocycles.